The summed E-state index contributed by atoms with van der Waals surface area (Å²) in [6, 6.07) is 6.99. The van der Waals surface area contributed by atoms with Crippen molar-refractivity contribution in [2.45, 2.75) is 13.1 Å². The molecule has 0 bridgehead atoms. The summed E-state index contributed by atoms with van der Waals surface area (Å²) in [5.41, 5.74) is 1.17. The fourth-order valence-corrected chi connectivity index (χ4v) is 4.66. The maximum Gasteiger partial charge on any atom is 0.258 e. The van der Waals surface area contributed by atoms with Gasteiger partial charge in [-0.2, -0.15) is 0 Å². The first kappa shape index (κ1) is 23.4. The largest absolute Gasteiger partial charge is 0.505 e. The minimum absolute atomic E-state index is 0.0191. The average Bonchev–Trinajstić information content (AvgIpc) is 3.09. The van der Waals surface area contributed by atoms with Crippen molar-refractivity contribution in [2.75, 3.05) is 31.7 Å². The fourth-order valence-electron chi connectivity index (χ4n) is 4.12. The average molecular weight is 487 g/mol. The Labute approximate surface area is 196 Å². The van der Waals surface area contributed by atoms with Crippen molar-refractivity contribution in [1.82, 2.24) is 14.8 Å². The third-order valence-corrected chi connectivity index (χ3v) is 7.02. The number of pyridine rings is 1. The Morgan fingerprint density at radius 2 is 1.94 bits per heavy atom. The van der Waals surface area contributed by atoms with E-state index in [9.17, 15) is 27.5 Å². The molecule has 9 nitrogen and oxygen atoms in total. The molecule has 0 fully saturated rings. The van der Waals surface area contributed by atoms with Crippen LogP contribution < -0.4 is 4.31 Å². The van der Waals surface area contributed by atoms with Gasteiger partial charge in [0, 0.05) is 56.9 Å². The summed E-state index contributed by atoms with van der Waals surface area (Å²) in [6.45, 7) is -0.0668. The second kappa shape index (κ2) is 8.24. The Bertz CT molecular complexity index is 1460. The standard InChI is InChI=1S/C23H23FN4O5S/c1-26(2)22(30)16-10-14(24)8-7-13(16)11-28-12-17-18(23(28)31)21(29)19-15(6-5-9-25-19)20(17)27(3)34(4,32)33/h5-10,29H,11-12H2,1-4H3. The molecule has 4 rings (SSSR count). The van der Waals surface area contributed by atoms with E-state index in [0.29, 0.717) is 16.5 Å². The van der Waals surface area contributed by atoms with Crippen LogP contribution in [0.2, 0.25) is 0 Å². The van der Waals surface area contributed by atoms with Crippen LogP contribution in [0.4, 0.5) is 10.1 Å². The highest BCUT2D eigenvalue weighted by molar-refractivity contribution is 7.92. The van der Waals surface area contributed by atoms with Crippen molar-refractivity contribution >= 4 is 38.4 Å². The van der Waals surface area contributed by atoms with Crippen LogP contribution in [0.25, 0.3) is 10.9 Å². The number of fused-ring (bicyclic) bond motifs is 2. The quantitative estimate of drug-likeness (QED) is 0.593. The van der Waals surface area contributed by atoms with E-state index >= 15 is 0 Å². The zero-order valence-corrected chi connectivity index (χ0v) is 19.9. The normalized spacial score (nSPS) is 13.3. The molecule has 1 aromatic heterocycles. The molecule has 0 saturated carbocycles. The Morgan fingerprint density at radius 1 is 1.24 bits per heavy atom. The molecule has 11 heteroatoms. The van der Waals surface area contributed by atoms with Crippen LogP contribution in [-0.2, 0) is 23.1 Å². The van der Waals surface area contributed by atoms with E-state index in [1.54, 1.807) is 12.1 Å². The lowest BCUT2D eigenvalue weighted by molar-refractivity contribution is 0.0755. The molecule has 34 heavy (non-hydrogen) atoms. The highest BCUT2D eigenvalue weighted by Crippen LogP contribution is 2.44. The van der Waals surface area contributed by atoms with Gasteiger partial charge in [0.25, 0.3) is 11.8 Å². The van der Waals surface area contributed by atoms with Crippen molar-refractivity contribution in [1.29, 1.82) is 0 Å². The lowest BCUT2D eigenvalue weighted by atomic mass is 10.0. The second-order valence-electron chi connectivity index (χ2n) is 8.34. The molecule has 2 heterocycles. The van der Waals surface area contributed by atoms with Crippen LogP contribution in [0.15, 0.2) is 36.5 Å². The molecule has 0 aliphatic carbocycles. The van der Waals surface area contributed by atoms with Crippen LogP contribution in [-0.4, -0.2) is 67.5 Å². The summed E-state index contributed by atoms with van der Waals surface area (Å²) in [5.74, 6) is -1.89. The van der Waals surface area contributed by atoms with Gasteiger partial charge in [0.15, 0.2) is 5.75 Å². The van der Waals surface area contributed by atoms with Crippen molar-refractivity contribution < 1.29 is 27.5 Å². The minimum atomic E-state index is -3.71. The zero-order valence-electron chi connectivity index (χ0n) is 19.0. The molecule has 1 N–H and O–H groups in total. The zero-order chi connectivity index (χ0) is 24.9. The molecule has 0 radical (unpaired) electrons. The van der Waals surface area contributed by atoms with Crippen molar-refractivity contribution in [3.63, 3.8) is 0 Å². The van der Waals surface area contributed by atoms with Gasteiger partial charge in [0.05, 0.1) is 17.5 Å². The van der Waals surface area contributed by atoms with E-state index in [1.807, 2.05) is 0 Å². The maximum atomic E-state index is 13.9. The molecule has 0 atom stereocenters. The van der Waals surface area contributed by atoms with Gasteiger partial charge in [-0.15, -0.1) is 0 Å². The molecule has 3 aromatic rings. The number of carbonyl (C=O) groups is 2. The lowest BCUT2D eigenvalue weighted by Gasteiger charge is -2.22. The highest BCUT2D eigenvalue weighted by Gasteiger charge is 2.37. The third-order valence-electron chi connectivity index (χ3n) is 5.84. The number of rotatable bonds is 5. The van der Waals surface area contributed by atoms with Gasteiger partial charge in [0.1, 0.15) is 11.3 Å². The Kier molecular flexibility index (Phi) is 5.68. The van der Waals surface area contributed by atoms with Crippen molar-refractivity contribution in [3.05, 3.63) is 64.6 Å². The summed E-state index contributed by atoms with van der Waals surface area (Å²) in [6.07, 6.45) is 2.48. The van der Waals surface area contributed by atoms with E-state index in [2.05, 4.69) is 4.98 Å². The van der Waals surface area contributed by atoms with Gasteiger partial charge in [-0.25, -0.2) is 12.8 Å². The Balaban J connectivity index is 1.85. The van der Waals surface area contributed by atoms with Crippen LogP contribution in [0, 0.1) is 5.82 Å². The van der Waals surface area contributed by atoms with E-state index in [0.717, 1.165) is 16.6 Å². The molecule has 2 amide bonds. The molecular formula is C23H23FN4O5S. The monoisotopic (exact) mass is 486 g/mol. The highest BCUT2D eigenvalue weighted by atomic mass is 32.2. The number of anilines is 1. The van der Waals surface area contributed by atoms with Gasteiger partial charge >= 0.3 is 0 Å². The van der Waals surface area contributed by atoms with Crippen LogP contribution in [0.5, 0.6) is 5.75 Å². The summed E-state index contributed by atoms with van der Waals surface area (Å²) >= 11 is 0. The first-order valence-corrected chi connectivity index (χ1v) is 12.1. The smallest absolute Gasteiger partial charge is 0.258 e. The van der Waals surface area contributed by atoms with E-state index in [4.69, 9.17) is 0 Å². The molecule has 0 saturated heterocycles. The predicted octanol–water partition coefficient (Wildman–Crippen LogP) is 2.33. The second-order valence-corrected chi connectivity index (χ2v) is 10.4. The number of benzene rings is 2. The summed E-state index contributed by atoms with van der Waals surface area (Å²) < 4.78 is 39.7. The first-order chi connectivity index (χ1) is 15.9. The number of carbonyl (C=O) groups excluding carboxylic acids is 2. The molecule has 0 unspecified atom stereocenters. The topological polar surface area (TPSA) is 111 Å². The molecule has 2 aromatic carbocycles. The van der Waals surface area contributed by atoms with Crippen LogP contribution in [0.3, 0.4) is 0 Å². The van der Waals surface area contributed by atoms with Crippen LogP contribution >= 0.6 is 0 Å². The minimum Gasteiger partial charge on any atom is -0.505 e. The van der Waals surface area contributed by atoms with E-state index in [1.165, 1.54) is 49.3 Å². The number of halogens is 1. The van der Waals surface area contributed by atoms with Crippen molar-refractivity contribution in [2.24, 2.45) is 0 Å². The number of phenolic OH excluding ortho intramolecular Hbond substituents is 1. The summed E-state index contributed by atoms with van der Waals surface area (Å²) in [7, 11) is 0.744. The predicted molar refractivity (Wildman–Crippen MR) is 125 cm³/mol. The number of aromatic nitrogens is 1. The summed E-state index contributed by atoms with van der Waals surface area (Å²) in [4.78, 5) is 32.8. The van der Waals surface area contributed by atoms with Gasteiger partial charge < -0.3 is 14.9 Å². The Hall–Kier alpha value is -3.73. The van der Waals surface area contributed by atoms with Crippen molar-refractivity contribution in [3.8, 4) is 5.75 Å². The van der Waals surface area contributed by atoms with Gasteiger partial charge in [-0.05, 0) is 29.8 Å². The lowest BCUT2D eigenvalue weighted by Crippen LogP contribution is -2.28. The Morgan fingerprint density at radius 3 is 2.59 bits per heavy atom. The van der Waals surface area contributed by atoms with E-state index in [-0.39, 0.29) is 41.2 Å². The number of phenols is 1. The molecule has 0 spiro atoms. The van der Waals surface area contributed by atoms with Crippen LogP contribution in [0.1, 0.15) is 31.8 Å². The first-order valence-electron chi connectivity index (χ1n) is 10.3. The SMILES string of the molecule is CN(C)C(=O)c1cc(F)ccc1CN1Cc2c(c(O)c3ncccc3c2N(C)S(C)(=O)=O)C1=O. The van der Waals surface area contributed by atoms with Gasteiger partial charge in [0.2, 0.25) is 10.0 Å². The molecule has 1 aliphatic rings. The van der Waals surface area contributed by atoms with Gasteiger partial charge in [-0.1, -0.05) is 6.07 Å². The number of aromatic hydroxyl groups is 1. The fraction of sp³-hybridized carbons (Fsp3) is 0.261. The number of sulfonamides is 1. The molecule has 178 valence electrons. The number of amides is 2. The summed E-state index contributed by atoms with van der Waals surface area (Å²) in [5, 5.41) is 11.3. The number of hydrogen-bond acceptors (Lipinski definition) is 6. The van der Waals surface area contributed by atoms with Gasteiger partial charge in [-0.3, -0.25) is 18.9 Å². The number of nitrogens with zero attached hydrogens (tertiary/aromatic N) is 4. The van der Waals surface area contributed by atoms with E-state index < -0.39 is 27.7 Å². The maximum absolute atomic E-state index is 13.9. The molecule has 1 aliphatic heterocycles. The molecular weight excluding hydrogens is 463 g/mol. The number of hydrogen-bond donors (Lipinski definition) is 1. The third kappa shape index (κ3) is 3.81.